The van der Waals surface area contributed by atoms with Crippen LogP contribution in [-0.2, 0) is 24.3 Å². The Hall–Kier alpha value is -3.90. The lowest BCUT2D eigenvalue weighted by molar-refractivity contribution is -0.147. The summed E-state index contributed by atoms with van der Waals surface area (Å²) in [6, 6.07) is 9.43. The number of nitrogens with one attached hydrogen (secondary N) is 1. The van der Waals surface area contributed by atoms with Gasteiger partial charge >= 0.3 is 5.97 Å². The maximum Gasteiger partial charge on any atom is 0.321 e. The lowest BCUT2D eigenvalue weighted by atomic mass is 10.1. The highest BCUT2D eigenvalue weighted by Crippen LogP contribution is 2.24. The Balaban J connectivity index is 1.54. The number of nitrogens with zero attached hydrogens (tertiary/aromatic N) is 2. The molecule has 34 heavy (non-hydrogen) atoms. The highest BCUT2D eigenvalue weighted by atomic mass is 32.2. The van der Waals surface area contributed by atoms with Crippen molar-refractivity contribution >= 4 is 45.2 Å². The quantitative estimate of drug-likeness (QED) is 0.328. The summed E-state index contributed by atoms with van der Waals surface area (Å²) in [5.41, 5.74) is 0.936. The number of fused-ring (bicyclic) bond motifs is 1. The van der Waals surface area contributed by atoms with Crippen LogP contribution in [0.15, 0.2) is 47.4 Å². The summed E-state index contributed by atoms with van der Waals surface area (Å²) in [4.78, 5) is 60.3. The Morgan fingerprint density at radius 1 is 1.00 bits per heavy atom. The number of carbonyl (C=O) groups excluding carboxylic acids is 5. The number of sulfonamides is 1. The van der Waals surface area contributed by atoms with Gasteiger partial charge in [-0.05, 0) is 37.3 Å². The molecule has 0 saturated carbocycles. The van der Waals surface area contributed by atoms with E-state index in [0.717, 1.165) is 9.21 Å². The zero-order valence-corrected chi connectivity index (χ0v) is 19.3. The summed E-state index contributed by atoms with van der Waals surface area (Å²) in [6.45, 7) is 0.0148. The fourth-order valence-electron chi connectivity index (χ4n) is 3.14. The molecule has 0 saturated heterocycles. The van der Waals surface area contributed by atoms with Gasteiger partial charge in [-0.15, -0.1) is 0 Å². The van der Waals surface area contributed by atoms with Crippen molar-refractivity contribution in [2.75, 3.05) is 32.6 Å². The van der Waals surface area contributed by atoms with Crippen molar-refractivity contribution in [2.45, 2.75) is 11.8 Å². The van der Waals surface area contributed by atoms with Crippen LogP contribution in [0.3, 0.4) is 0 Å². The van der Waals surface area contributed by atoms with Crippen molar-refractivity contribution in [3.8, 4) is 0 Å². The van der Waals surface area contributed by atoms with Gasteiger partial charge < -0.3 is 10.1 Å². The fraction of sp³-hybridized carbons (Fsp3) is 0.227. The molecule has 0 spiro atoms. The molecule has 0 aliphatic carbocycles. The minimum Gasteiger partial charge on any atom is -0.455 e. The summed E-state index contributed by atoms with van der Waals surface area (Å²) >= 11 is 0. The van der Waals surface area contributed by atoms with Crippen molar-refractivity contribution in [3.63, 3.8) is 0 Å². The molecule has 0 fully saturated rings. The lowest BCUT2D eigenvalue weighted by Crippen LogP contribution is -2.34. The van der Waals surface area contributed by atoms with E-state index in [1.54, 1.807) is 0 Å². The molecule has 0 unspecified atom stereocenters. The van der Waals surface area contributed by atoms with E-state index < -0.39 is 46.9 Å². The summed E-state index contributed by atoms with van der Waals surface area (Å²) in [5.74, 6) is -2.84. The second kappa shape index (κ2) is 9.53. The lowest BCUT2D eigenvalue weighted by Gasteiger charge is -2.16. The summed E-state index contributed by atoms with van der Waals surface area (Å²) in [7, 11) is -1.50. The molecule has 1 N–H and O–H groups in total. The molecular formula is C22H21N3O8S. The predicted molar refractivity (Wildman–Crippen MR) is 119 cm³/mol. The number of likely N-dealkylation sites (N-methyl/N-ethyl adjacent to an activating group) is 1. The Kier molecular flexibility index (Phi) is 6.93. The summed E-state index contributed by atoms with van der Waals surface area (Å²) in [5, 5.41) is 2.44. The molecule has 0 radical (unpaired) electrons. The second-order valence-electron chi connectivity index (χ2n) is 7.48. The van der Waals surface area contributed by atoms with Crippen LogP contribution < -0.4 is 5.32 Å². The van der Waals surface area contributed by atoms with Gasteiger partial charge in [-0.1, -0.05) is 12.1 Å². The number of esters is 1. The molecule has 0 aromatic heterocycles. The van der Waals surface area contributed by atoms with Crippen LogP contribution in [-0.4, -0.2) is 74.3 Å². The Labute approximate surface area is 195 Å². The molecular weight excluding hydrogens is 466 g/mol. The first-order chi connectivity index (χ1) is 15.9. The maximum atomic E-state index is 12.6. The zero-order valence-electron chi connectivity index (χ0n) is 18.5. The molecule has 1 heterocycles. The average Bonchev–Trinajstić information content (AvgIpc) is 3.01. The van der Waals surface area contributed by atoms with E-state index in [1.807, 2.05) is 0 Å². The van der Waals surface area contributed by atoms with Crippen molar-refractivity contribution in [3.05, 3.63) is 59.2 Å². The molecule has 178 valence electrons. The molecule has 0 atom stereocenters. The van der Waals surface area contributed by atoms with Gasteiger partial charge in [-0.3, -0.25) is 28.9 Å². The van der Waals surface area contributed by atoms with Gasteiger partial charge in [-0.2, -0.15) is 4.31 Å². The van der Waals surface area contributed by atoms with Crippen molar-refractivity contribution in [1.29, 1.82) is 0 Å². The van der Waals surface area contributed by atoms with Gasteiger partial charge in [0, 0.05) is 25.3 Å². The smallest absolute Gasteiger partial charge is 0.321 e. The third-order valence-corrected chi connectivity index (χ3v) is 6.88. The monoisotopic (exact) mass is 487 g/mol. The van der Waals surface area contributed by atoms with Crippen molar-refractivity contribution in [2.24, 2.45) is 0 Å². The van der Waals surface area contributed by atoms with Crippen LogP contribution in [0, 0.1) is 0 Å². The van der Waals surface area contributed by atoms with Gasteiger partial charge in [0.15, 0.2) is 12.4 Å². The Bertz CT molecular complexity index is 1300. The second-order valence-corrected chi connectivity index (χ2v) is 9.53. The first-order valence-corrected chi connectivity index (χ1v) is 11.3. The molecule has 1 aliphatic heterocycles. The number of rotatable bonds is 8. The summed E-state index contributed by atoms with van der Waals surface area (Å²) in [6.07, 6.45) is 0. The van der Waals surface area contributed by atoms with Crippen LogP contribution in [0.5, 0.6) is 0 Å². The number of hydrogen-bond acceptors (Lipinski definition) is 8. The minimum atomic E-state index is -4.03. The largest absolute Gasteiger partial charge is 0.455 e. The number of benzene rings is 2. The van der Waals surface area contributed by atoms with Crippen LogP contribution in [0.2, 0.25) is 0 Å². The summed E-state index contributed by atoms with van der Waals surface area (Å²) < 4.78 is 30.8. The van der Waals surface area contributed by atoms with Crippen LogP contribution in [0.25, 0.3) is 0 Å². The molecule has 12 heteroatoms. The number of anilines is 1. The number of imide groups is 1. The Morgan fingerprint density at radius 2 is 1.62 bits per heavy atom. The number of hydrogen-bond donors (Lipinski definition) is 1. The standard InChI is InChI=1S/C22H21N3O8S/c1-13(26)14-4-7-16(8-5-14)34(31,32)24(2)11-20(28)33-12-19(27)23-15-6-9-17-18(10-15)22(30)25(3)21(17)29/h4-10H,11-12H2,1-3H3,(H,23,27). The third kappa shape index (κ3) is 5.02. The van der Waals surface area contributed by atoms with Crippen LogP contribution >= 0.6 is 0 Å². The third-order valence-electron chi connectivity index (χ3n) is 5.06. The normalized spacial score (nSPS) is 13.1. The van der Waals surface area contributed by atoms with Gasteiger partial charge in [0.2, 0.25) is 10.0 Å². The van der Waals surface area contributed by atoms with Gasteiger partial charge in [0.05, 0.1) is 16.0 Å². The molecule has 3 amide bonds. The molecule has 3 rings (SSSR count). The van der Waals surface area contributed by atoms with E-state index in [4.69, 9.17) is 4.74 Å². The number of ketones is 1. The molecule has 1 aliphatic rings. The van der Waals surface area contributed by atoms with E-state index in [1.165, 1.54) is 63.5 Å². The predicted octanol–water partition coefficient (Wildman–Crippen LogP) is 0.917. The first kappa shape index (κ1) is 24.7. The van der Waals surface area contributed by atoms with E-state index >= 15 is 0 Å². The molecule has 11 nitrogen and oxygen atoms in total. The van der Waals surface area contributed by atoms with E-state index in [9.17, 15) is 32.4 Å². The number of ether oxygens (including phenoxy) is 1. The Morgan fingerprint density at radius 3 is 2.24 bits per heavy atom. The van der Waals surface area contributed by atoms with Gasteiger partial charge in [0.1, 0.15) is 6.54 Å². The molecule has 2 aromatic rings. The maximum absolute atomic E-state index is 12.6. The molecule has 0 bridgehead atoms. The zero-order chi connectivity index (χ0) is 25.2. The van der Waals surface area contributed by atoms with E-state index in [0.29, 0.717) is 5.56 Å². The van der Waals surface area contributed by atoms with Crippen LogP contribution in [0.1, 0.15) is 38.0 Å². The minimum absolute atomic E-state index is 0.110. The SMILES string of the molecule is CC(=O)c1ccc(S(=O)(=O)N(C)CC(=O)OCC(=O)Nc2ccc3c(c2)C(=O)N(C)C3=O)cc1. The van der Waals surface area contributed by atoms with Crippen LogP contribution in [0.4, 0.5) is 5.69 Å². The topological polar surface area (TPSA) is 147 Å². The average molecular weight is 487 g/mol. The van der Waals surface area contributed by atoms with E-state index in [2.05, 4.69) is 5.32 Å². The van der Waals surface area contributed by atoms with Crippen molar-refractivity contribution < 1.29 is 37.1 Å². The van der Waals surface area contributed by atoms with E-state index in [-0.39, 0.29) is 27.5 Å². The highest BCUT2D eigenvalue weighted by molar-refractivity contribution is 7.89. The van der Waals surface area contributed by atoms with Gasteiger partial charge in [-0.25, -0.2) is 8.42 Å². The number of carbonyl (C=O) groups is 5. The molecule has 2 aromatic carbocycles. The van der Waals surface area contributed by atoms with Crippen molar-refractivity contribution in [1.82, 2.24) is 9.21 Å². The first-order valence-electron chi connectivity index (χ1n) is 9.91. The number of amides is 3. The fourth-order valence-corrected chi connectivity index (χ4v) is 4.25. The highest BCUT2D eigenvalue weighted by Gasteiger charge is 2.32. The van der Waals surface area contributed by atoms with Gasteiger partial charge in [0.25, 0.3) is 17.7 Å². The number of Topliss-reactive ketones (excluding diaryl/α,β-unsaturated/α-hetero) is 1.